The van der Waals surface area contributed by atoms with Crippen molar-refractivity contribution in [3.8, 4) is 0 Å². The molecule has 0 aliphatic heterocycles. The SMILES string of the molecule is CO[Se](=O)O. The third-order valence-corrected chi connectivity index (χ3v) is 0.741. The van der Waals surface area contributed by atoms with Crippen LogP contribution < -0.4 is 0 Å². The molecular weight excluding hydrogens is 139 g/mol. The molecule has 5 heavy (non-hydrogen) atoms. The van der Waals surface area contributed by atoms with Crippen LogP contribution in [0.15, 0.2) is 0 Å². The molecule has 3 nitrogen and oxygen atoms in total. The molecule has 1 unspecified atom stereocenters. The van der Waals surface area contributed by atoms with Gasteiger partial charge in [-0.15, -0.1) is 0 Å². The molecule has 0 saturated carbocycles. The fourth-order valence-electron chi connectivity index (χ4n) is 0. The molecule has 0 heterocycles. The van der Waals surface area contributed by atoms with Crippen molar-refractivity contribution in [1.29, 1.82) is 0 Å². The molecule has 0 saturated heterocycles. The van der Waals surface area contributed by atoms with Crippen LogP contribution in [0.3, 0.4) is 0 Å². The fraction of sp³-hybridized carbons (Fsp3) is 1.00. The average Bonchev–Trinajstić information content (AvgIpc) is 1.38. The first kappa shape index (κ1) is 5.24. The van der Waals surface area contributed by atoms with E-state index in [1.165, 1.54) is 7.11 Å². The molecule has 1 N–H and O–H groups in total. The molecule has 0 aliphatic carbocycles. The summed E-state index contributed by atoms with van der Waals surface area (Å²) in [7, 11) is 1.19. The Labute approximate surface area is 34.3 Å². The zero-order chi connectivity index (χ0) is 4.28. The molecule has 0 bridgehead atoms. The standard InChI is InChI=1S/CH4O3Se/c1-4-5(2)3/h1H3,(H,2,3). The van der Waals surface area contributed by atoms with Gasteiger partial charge in [0.15, 0.2) is 0 Å². The second kappa shape index (κ2) is 2.48. The third-order valence-electron chi connectivity index (χ3n) is 0.143. The molecule has 32 valence electrons. The molecular formula is CH4O3Se. The van der Waals surface area contributed by atoms with Crippen LogP contribution in [0.4, 0.5) is 0 Å². The first-order valence-electron chi connectivity index (χ1n) is 0.924. The van der Waals surface area contributed by atoms with Gasteiger partial charge in [-0.1, -0.05) is 0 Å². The van der Waals surface area contributed by atoms with E-state index in [-0.39, 0.29) is 0 Å². The van der Waals surface area contributed by atoms with E-state index in [9.17, 15) is 3.83 Å². The van der Waals surface area contributed by atoms with Crippen LogP contribution in [0.1, 0.15) is 0 Å². The van der Waals surface area contributed by atoms with Crippen molar-refractivity contribution < 1.29 is 11.8 Å². The summed E-state index contributed by atoms with van der Waals surface area (Å²) in [5.41, 5.74) is 0. The summed E-state index contributed by atoms with van der Waals surface area (Å²) in [6.45, 7) is 0. The van der Waals surface area contributed by atoms with E-state index in [1.807, 2.05) is 0 Å². The Bertz CT molecular complexity index is 42.2. The Morgan fingerprint density at radius 2 is 2.20 bits per heavy atom. The van der Waals surface area contributed by atoms with Crippen LogP contribution in [0.5, 0.6) is 0 Å². The summed E-state index contributed by atoms with van der Waals surface area (Å²) in [4.78, 5) is 0. The normalized spacial score (nSPS) is 14.8. The Kier molecular flexibility index (Phi) is 2.59. The van der Waals surface area contributed by atoms with Crippen molar-refractivity contribution in [3.05, 3.63) is 0 Å². The van der Waals surface area contributed by atoms with E-state index in [2.05, 4.69) is 3.82 Å². The van der Waals surface area contributed by atoms with Gasteiger partial charge in [0.05, 0.1) is 0 Å². The number of rotatable bonds is 1. The second-order valence-electron chi connectivity index (χ2n) is 0.384. The predicted octanol–water partition coefficient (Wildman–Crippen LogP) is -0.960. The van der Waals surface area contributed by atoms with Crippen LogP contribution in [-0.2, 0) is 7.65 Å². The van der Waals surface area contributed by atoms with Crippen molar-refractivity contribution in [3.63, 3.8) is 0 Å². The molecule has 0 aromatic carbocycles. The Hall–Kier alpha value is 0.239. The van der Waals surface area contributed by atoms with Gasteiger partial charge in [0, 0.05) is 0 Å². The predicted molar refractivity (Wildman–Crippen MR) is 15.7 cm³/mol. The van der Waals surface area contributed by atoms with Gasteiger partial charge in [-0.3, -0.25) is 0 Å². The summed E-state index contributed by atoms with van der Waals surface area (Å²) in [6.07, 6.45) is 0. The summed E-state index contributed by atoms with van der Waals surface area (Å²) < 4.78 is 20.9. The van der Waals surface area contributed by atoms with Crippen molar-refractivity contribution in [2.24, 2.45) is 0 Å². The number of hydrogen-bond acceptors (Lipinski definition) is 2. The maximum atomic E-state index is 9.35. The summed E-state index contributed by atoms with van der Waals surface area (Å²) >= 11 is -2.80. The minimum absolute atomic E-state index is 1.19. The van der Waals surface area contributed by atoms with Gasteiger partial charge < -0.3 is 0 Å². The Balaban J connectivity index is 2.85. The molecule has 0 aromatic heterocycles. The molecule has 0 rings (SSSR count). The van der Waals surface area contributed by atoms with Crippen molar-refractivity contribution in [2.75, 3.05) is 7.11 Å². The van der Waals surface area contributed by atoms with Gasteiger partial charge in [-0.25, -0.2) is 0 Å². The minimum atomic E-state index is -2.80. The first-order chi connectivity index (χ1) is 2.27. The average molecular weight is 143 g/mol. The van der Waals surface area contributed by atoms with Crippen molar-refractivity contribution >= 4 is 14.5 Å². The molecule has 4 heteroatoms. The Morgan fingerprint density at radius 1 is 2.00 bits per heavy atom. The Morgan fingerprint density at radius 3 is 2.20 bits per heavy atom. The van der Waals surface area contributed by atoms with E-state index < -0.39 is 14.5 Å². The van der Waals surface area contributed by atoms with Crippen LogP contribution in [0.2, 0.25) is 0 Å². The quantitative estimate of drug-likeness (QED) is 0.481. The van der Waals surface area contributed by atoms with E-state index in [0.29, 0.717) is 0 Å². The topological polar surface area (TPSA) is 46.5 Å². The zero-order valence-corrected chi connectivity index (χ0v) is 4.39. The molecule has 0 radical (unpaired) electrons. The van der Waals surface area contributed by atoms with Crippen molar-refractivity contribution in [1.82, 2.24) is 0 Å². The first-order valence-corrected chi connectivity index (χ1v) is 3.09. The summed E-state index contributed by atoms with van der Waals surface area (Å²) in [5, 5.41) is 0. The molecule has 0 aliphatic rings. The van der Waals surface area contributed by atoms with Gasteiger partial charge in [0.25, 0.3) is 0 Å². The molecule has 0 aromatic rings. The maximum absolute atomic E-state index is 9.35. The molecule has 1 atom stereocenters. The second-order valence-corrected chi connectivity index (χ2v) is 1.99. The van der Waals surface area contributed by atoms with Crippen LogP contribution in [-0.4, -0.2) is 25.8 Å². The van der Waals surface area contributed by atoms with E-state index in [0.717, 1.165) is 0 Å². The van der Waals surface area contributed by atoms with Crippen molar-refractivity contribution in [2.45, 2.75) is 0 Å². The van der Waals surface area contributed by atoms with Gasteiger partial charge in [-0.05, 0) is 0 Å². The molecule has 0 spiro atoms. The monoisotopic (exact) mass is 144 g/mol. The van der Waals surface area contributed by atoms with Crippen LogP contribution in [0.25, 0.3) is 0 Å². The van der Waals surface area contributed by atoms with Crippen LogP contribution >= 0.6 is 0 Å². The van der Waals surface area contributed by atoms with Gasteiger partial charge in [0.2, 0.25) is 0 Å². The third kappa shape index (κ3) is 4.24. The van der Waals surface area contributed by atoms with Gasteiger partial charge >= 0.3 is 33.4 Å². The van der Waals surface area contributed by atoms with E-state index >= 15 is 0 Å². The molecule has 0 amide bonds. The van der Waals surface area contributed by atoms with E-state index in [1.54, 1.807) is 0 Å². The van der Waals surface area contributed by atoms with E-state index in [4.69, 9.17) is 4.19 Å². The van der Waals surface area contributed by atoms with Gasteiger partial charge in [-0.2, -0.15) is 0 Å². The number of hydrogen-bond donors (Lipinski definition) is 1. The van der Waals surface area contributed by atoms with Crippen LogP contribution in [0, 0.1) is 0 Å². The summed E-state index contributed by atoms with van der Waals surface area (Å²) in [6, 6.07) is 0. The fourth-order valence-corrected chi connectivity index (χ4v) is 0. The van der Waals surface area contributed by atoms with Gasteiger partial charge in [0.1, 0.15) is 0 Å². The molecule has 0 fully saturated rings. The summed E-state index contributed by atoms with van der Waals surface area (Å²) in [5.74, 6) is 0. The zero-order valence-electron chi connectivity index (χ0n) is 2.67.